The highest BCUT2D eigenvalue weighted by Crippen LogP contribution is 2.35. The molecule has 0 bridgehead atoms. The van der Waals surface area contributed by atoms with Gasteiger partial charge in [0, 0.05) is 17.7 Å². The maximum atomic E-state index is 5.90. The number of hydrogen-bond acceptors (Lipinski definition) is 3. The van der Waals surface area contributed by atoms with E-state index in [4.69, 9.17) is 10.7 Å². The maximum absolute atomic E-state index is 5.90. The lowest BCUT2D eigenvalue weighted by Crippen LogP contribution is -2.16. The molecule has 1 aliphatic rings. The zero-order valence-electron chi connectivity index (χ0n) is 11.7. The van der Waals surface area contributed by atoms with Gasteiger partial charge in [-0.15, -0.1) is 0 Å². The van der Waals surface area contributed by atoms with E-state index in [1.165, 1.54) is 32.1 Å². The first kappa shape index (κ1) is 13.3. The van der Waals surface area contributed by atoms with E-state index in [1.807, 2.05) is 6.07 Å². The van der Waals surface area contributed by atoms with E-state index < -0.39 is 0 Å². The second-order valence-electron chi connectivity index (χ2n) is 5.52. The summed E-state index contributed by atoms with van der Waals surface area (Å²) in [5, 5.41) is 0. The second kappa shape index (κ2) is 6.17. The average Bonchev–Trinajstić information content (AvgIpc) is 2.38. The monoisotopic (exact) mass is 247 g/mol. The lowest BCUT2D eigenvalue weighted by atomic mass is 9.80. The molecule has 1 aromatic rings. The summed E-state index contributed by atoms with van der Waals surface area (Å²) >= 11 is 0. The van der Waals surface area contributed by atoms with Crippen molar-refractivity contribution < 1.29 is 0 Å². The summed E-state index contributed by atoms with van der Waals surface area (Å²) in [5.41, 5.74) is 7.01. The van der Waals surface area contributed by atoms with Crippen molar-refractivity contribution in [3.63, 3.8) is 0 Å². The van der Waals surface area contributed by atoms with Crippen LogP contribution in [-0.4, -0.2) is 9.97 Å². The third-order valence-corrected chi connectivity index (χ3v) is 4.11. The second-order valence-corrected chi connectivity index (χ2v) is 5.52. The fraction of sp³-hybridized carbons (Fsp3) is 0.733. The van der Waals surface area contributed by atoms with Gasteiger partial charge < -0.3 is 5.73 Å². The van der Waals surface area contributed by atoms with Crippen molar-refractivity contribution >= 4 is 5.82 Å². The smallest absolute Gasteiger partial charge is 0.134 e. The highest BCUT2D eigenvalue weighted by Gasteiger charge is 2.23. The minimum Gasteiger partial charge on any atom is -0.384 e. The van der Waals surface area contributed by atoms with Gasteiger partial charge in [0.25, 0.3) is 0 Å². The van der Waals surface area contributed by atoms with Gasteiger partial charge in [0.15, 0.2) is 0 Å². The van der Waals surface area contributed by atoms with Crippen LogP contribution in [-0.2, 0) is 6.42 Å². The molecule has 1 heterocycles. The molecule has 0 aliphatic heterocycles. The van der Waals surface area contributed by atoms with Crippen LogP contribution in [0, 0.1) is 5.92 Å². The fourth-order valence-electron chi connectivity index (χ4n) is 2.94. The Labute approximate surface area is 110 Å². The number of anilines is 1. The highest BCUT2D eigenvalue weighted by molar-refractivity contribution is 5.30. The molecule has 0 aromatic carbocycles. The summed E-state index contributed by atoms with van der Waals surface area (Å²) < 4.78 is 0. The molecule has 100 valence electrons. The third kappa shape index (κ3) is 3.21. The Morgan fingerprint density at radius 3 is 2.50 bits per heavy atom. The molecule has 2 N–H and O–H groups in total. The van der Waals surface area contributed by atoms with Crippen molar-refractivity contribution in [1.82, 2.24) is 9.97 Å². The molecule has 1 aromatic heterocycles. The number of hydrogen-bond donors (Lipinski definition) is 1. The van der Waals surface area contributed by atoms with Crippen LogP contribution in [0.2, 0.25) is 0 Å². The maximum Gasteiger partial charge on any atom is 0.134 e. The molecule has 18 heavy (non-hydrogen) atoms. The molecule has 0 spiro atoms. The molecular formula is C15H25N3. The molecule has 0 radical (unpaired) electrons. The predicted octanol–water partition coefficient (Wildman–Crippen LogP) is 3.70. The van der Waals surface area contributed by atoms with Crippen LogP contribution >= 0.6 is 0 Å². The first-order valence-electron chi connectivity index (χ1n) is 7.36. The number of aromatic nitrogens is 2. The standard InChI is InChI=1S/C15H25N3/c1-3-5-13-10-14(16)18-15(17-13)12-8-6-11(4-2)7-9-12/h10-12H,3-9H2,1-2H3,(H2,16,17,18). The molecule has 3 heteroatoms. The lowest BCUT2D eigenvalue weighted by Gasteiger charge is -2.27. The molecule has 1 fully saturated rings. The zero-order chi connectivity index (χ0) is 13.0. The molecule has 0 amide bonds. The summed E-state index contributed by atoms with van der Waals surface area (Å²) in [6.45, 7) is 4.46. The van der Waals surface area contributed by atoms with E-state index in [1.54, 1.807) is 0 Å². The van der Waals surface area contributed by atoms with Crippen molar-refractivity contribution in [2.75, 3.05) is 5.73 Å². The summed E-state index contributed by atoms with van der Waals surface area (Å²) in [6.07, 6.45) is 8.53. The average molecular weight is 247 g/mol. The number of rotatable bonds is 4. The van der Waals surface area contributed by atoms with Crippen LogP contribution in [0.25, 0.3) is 0 Å². The minimum absolute atomic E-state index is 0.534. The van der Waals surface area contributed by atoms with Crippen LogP contribution in [0.3, 0.4) is 0 Å². The molecule has 2 rings (SSSR count). The summed E-state index contributed by atoms with van der Waals surface area (Å²) in [5.74, 6) is 3.08. The van der Waals surface area contributed by atoms with E-state index in [0.29, 0.717) is 11.7 Å². The minimum atomic E-state index is 0.534. The fourth-order valence-corrected chi connectivity index (χ4v) is 2.94. The van der Waals surface area contributed by atoms with Crippen LogP contribution in [0.1, 0.15) is 69.8 Å². The van der Waals surface area contributed by atoms with Gasteiger partial charge in [-0.25, -0.2) is 9.97 Å². The van der Waals surface area contributed by atoms with E-state index in [-0.39, 0.29) is 0 Å². The van der Waals surface area contributed by atoms with Crippen molar-refractivity contribution in [1.29, 1.82) is 0 Å². The molecule has 0 saturated heterocycles. The number of nitrogens with two attached hydrogens (primary N) is 1. The molecule has 0 atom stereocenters. The largest absolute Gasteiger partial charge is 0.384 e. The number of nitrogens with zero attached hydrogens (tertiary/aromatic N) is 2. The number of nitrogen functional groups attached to an aromatic ring is 1. The normalized spacial score (nSPS) is 24.1. The number of aryl methyl sites for hydroxylation is 1. The van der Waals surface area contributed by atoms with Gasteiger partial charge in [-0.3, -0.25) is 0 Å². The third-order valence-electron chi connectivity index (χ3n) is 4.11. The Morgan fingerprint density at radius 1 is 1.17 bits per heavy atom. The van der Waals surface area contributed by atoms with Gasteiger partial charge in [-0.05, 0) is 38.0 Å². The Morgan fingerprint density at radius 2 is 1.89 bits per heavy atom. The van der Waals surface area contributed by atoms with E-state index in [9.17, 15) is 0 Å². The van der Waals surface area contributed by atoms with E-state index >= 15 is 0 Å². The van der Waals surface area contributed by atoms with Crippen LogP contribution in [0.15, 0.2) is 6.07 Å². The van der Waals surface area contributed by atoms with Crippen molar-refractivity contribution in [2.24, 2.45) is 5.92 Å². The molecule has 0 unspecified atom stereocenters. The van der Waals surface area contributed by atoms with Crippen LogP contribution in [0.5, 0.6) is 0 Å². The first-order valence-corrected chi connectivity index (χ1v) is 7.36. The van der Waals surface area contributed by atoms with E-state index in [2.05, 4.69) is 18.8 Å². The van der Waals surface area contributed by atoms with Gasteiger partial charge in [-0.1, -0.05) is 26.7 Å². The SMILES string of the molecule is CCCc1cc(N)nc(C2CCC(CC)CC2)n1. The van der Waals surface area contributed by atoms with E-state index in [0.717, 1.165) is 30.3 Å². The highest BCUT2D eigenvalue weighted by atomic mass is 15.0. The summed E-state index contributed by atoms with van der Waals surface area (Å²) in [7, 11) is 0. The summed E-state index contributed by atoms with van der Waals surface area (Å²) in [6, 6.07) is 1.92. The zero-order valence-corrected chi connectivity index (χ0v) is 11.7. The Kier molecular flexibility index (Phi) is 4.56. The van der Waals surface area contributed by atoms with Gasteiger partial charge in [0.1, 0.15) is 11.6 Å². The molecule has 3 nitrogen and oxygen atoms in total. The summed E-state index contributed by atoms with van der Waals surface area (Å²) in [4.78, 5) is 9.16. The van der Waals surface area contributed by atoms with Crippen LogP contribution < -0.4 is 5.73 Å². The van der Waals surface area contributed by atoms with Crippen LogP contribution in [0.4, 0.5) is 5.82 Å². The van der Waals surface area contributed by atoms with Gasteiger partial charge in [-0.2, -0.15) is 0 Å². The first-order chi connectivity index (χ1) is 8.72. The van der Waals surface area contributed by atoms with Gasteiger partial charge in [0.2, 0.25) is 0 Å². The Hall–Kier alpha value is -1.12. The van der Waals surface area contributed by atoms with Gasteiger partial charge >= 0.3 is 0 Å². The predicted molar refractivity (Wildman–Crippen MR) is 75.4 cm³/mol. The molecule has 1 saturated carbocycles. The quantitative estimate of drug-likeness (QED) is 0.882. The Balaban J connectivity index is 2.08. The molecular weight excluding hydrogens is 222 g/mol. The van der Waals surface area contributed by atoms with Gasteiger partial charge in [0.05, 0.1) is 0 Å². The topological polar surface area (TPSA) is 51.8 Å². The molecule has 1 aliphatic carbocycles. The van der Waals surface area contributed by atoms with Crippen molar-refractivity contribution in [2.45, 2.75) is 64.7 Å². The van der Waals surface area contributed by atoms with Crippen molar-refractivity contribution in [3.8, 4) is 0 Å². The Bertz CT molecular complexity index is 381. The lowest BCUT2D eigenvalue weighted by molar-refractivity contribution is 0.312. The van der Waals surface area contributed by atoms with Crippen molar-refractivity contribution in [3.05, 3.63) is 17.6 Å².